The van der Waals surface area contributed by atoms with Crippen molar-refractivity contribution in [1.29, 1.82) is 0 Å². The van der Waals surface area contributed by atoms with E-state index in [1.165, 1.54) is 4.88 Å². The van der Waals surface area contributed by atoms with Crippen molar-refractivity contribution < 1.29 is 4.79 Å². The van der Waals surface area contributed by atoms with Crippen LogP contribution < -0.4 is 5.73 Å². The number of thiazole rings is 1. The third kappa shape index (κ3) is 2.60. The Labute approximate surface area is 104 Å². The largest absolute Gasteiger partial charge is 0.324 e. The van der Waals surface area contributed by atoms with Gasteiger partial charge in [0.25, 0.3) is 0 Å². The molecule has 0 saturated heterocycles. The van der Waals surface area contributed by atoms with Crippen molar-refractivity contribution in [2.24, 2.45) is 5.73 Å². The van der Waals surface area contributed by atoms with Gasteiger partial charge in [0.2, 0.25) is 0 Å². The number of benzene rings is 1. The lowest BCUT2D eigenvalue weighted by Crippen LogP contribution is -2.10. The van der Waals surface area contributed by atoms with Crippen molar-refractivity contribution in [1.82, 2.24) is 4.98 Å². The molecule has 4 heteroatoms. The standard InChI is InChI=1S/C13H14N2OS/c1-9-13(17-8-15-9)11-4-2-10(3-5-11)12(14)6-7-16/h2-5,7-8,12H,6,14H2,1H3/t12-/m0/s1. The second-order valence-corrected chi connectivity index (χ2v) is 4.75. The molecule has 0 aliphatic rings. The number of aldehydes is 1. The summed E-state index contributed by atoms with van der Waals surface area (Å²) in [4.78, 5) is 15.8. The van der Waals surface area contributed by atoms with Crippen LogP contribution in [0.25, 0.3) is 10.4 Å². The molecule has 0 radical (unpaired) electrons. The average molecular weight is 246 g/mol. The van der Waals surface area contributed by atoms with Gasteiger partial charge in [-0.3, -0.25) is 0 Å². The molecule has 0 fully saturated rings. The predicted molar refractivity (Wildman–Crippen MR) is 69.9 cm³/mol. The van der Waals surface area contributed by atoms with Crippen LogP contribution in [-0.4, -0.2) is 11.3 Å². The molecule has 88 valence electrons. The molecule has 0 aliphatic heterocycles. The fourth-order valence-electron chi connectivity index (χ4n) is 1.70. The van der Waals surface area contributed by atoms with Gasteiger partial charge in [-0.15, -0.1) is 11.3 Å². The molecule has 2 N–H and O–H groups in total. The van der Waals surface area contributed by atoms with Crippen LogP contribution >= 0.6 is 11.3 Å². The smallest absolute Gasteiger partial charge is 0.121 e. The van der Waals surface area contributed by atoms with E-state index in [9.17, 15) is 4.79 Å². The number of carbonyl (C=O) groups is 1. The topological polar surface area (TPSA) is 56.0 Å². The van der Waals surface area contributed by atoms with Gasteiger partial charge in [-0.05, 0) is 18.1 Å². The molecule has 2 aromatic rings. The molecule has 3 nitrogen and oxygen atoms in total. The zero-order chi connectivity index (χ0) is 12.3. The first-order valence-electron chi connectivity index (χ1n) is 5.42. The number of aromatic nitrogens is 1. The maximum absolute atomic E-state index is 10.4. The fraction of sp³-hybridized carbons (Fsp3) is 0.231. The minimum atomic E-state index is -0.205. The monoisotopic (exact) mass is 246 g/mol. The van der Waals surface area contributed by atoms with Crippen LogP contribution in [0, 0.1) is 6.92 Å². The highest BCUT2D eigenvalue weighted by atomic mass is 32.1. The highest BCUT2D eigenvalue weighted by molar-refractivity contribution is 7.13. The van der Waals surface area contributed by atoms with E-state index in [2.05, 4.69) is 4.98 Å². The maximum Gasteiger partial charge on any atom is 0.121 e. The van der Waals surface area contributed by atoms with Crippen LogP contribution in [-0.2, 0) is 4.79 Å². The molecule has 0 unspecified atom stereocenters. The average Bonchev–Trinajstić information content (AvgIpc) is 2.76. The van der Waals surface area contributed by atoms with Gasteiger partial charge in [0.05, 0.1) is 16.1 Å². The number of nitrogens with zero attached hydrogens (tertiary/aromatic N) is 1. The van der Waals surface area contributed by atoms with E-state index >= 15 is 0 Å². The Balaban J connectivity index is 2.24. The zero-order valence-corrected chi connectivity index (χ0v) is 10.4. The number of hydrogen-bond acceptors (Lipinski definition) is 4. The minimum Gasteiger partial charge on any atom is -0.324 e. The van der Waals surface area contributed by atoms with Gasteiger partial charge in [-0.25, -0.2) is 4.98 Å². The summed E-state index contributed by atoms with van der Waals surface area (Å²) in [6, 6.07) is 7.80. The molecule has 0 amide bonds. The van der Waals surface area contributed by atoms with Gasteiger partial charge in [0, 0.05) is 12.5 Å². The van der Waals surface area contributed by atoms with Gasteiger partial charge < -0.3 is 10.5 Å². The summed E-state index contributed by atoms with van der Waals surface area (Å²) in [5, 5.41) is 0. The van der Waals surface area contributed by atoms with E-state index < -0.39 is 0 Å². The highest BCUT2D eigenvalue weighted by Gasteiger charge is 2.07. The van der Waals surface area contributed by atoms with Crippen molar-refractivity contribution in [3.63, 3.8) is 0 Å². The van der Waals surface area contributed by atoms with Crippen molar-refractivity contribution in [3.8, 4) is 10.4 Å². The Morgan fingerprint density at radius 2 is 2.12 bits per heavy atom. The quantitative estimate of drug-likeness (QED) is 0.844. The molecule has 0 bridgehead atoms. The second kappa shape index (κ2) is 5.21. The van der Waals surface area contributed by atoms with Crippen molar-refractivity contribution in [3.05, 3.63) is 41.0 Å². The second-order valence-electron chi connectivity index (χ2n) is 3.90. The molecule has 1 aromatic heterocycles. The number of rotatable bonds is 4. The molecule has 1 aromatic carbocycles. The third-order valence-electron chi connectivity index (χ3n) is 2.70. The maximum atomic E-state index is 10.4. The summed E-state index contributed by atoms with van der Waals surface area (Å²) in [5.41, 5.74) is 10.9. The van der Waals surface area contributed by atoms with Crippen LogP contribution in [0.15, 0.2) is 29.8 Å². The van der Waals surface area contributed by atoms with E-state index in [4.69, 9.17) is 5.73 Å². The lowest BCUT2D eigenvalue weighted by molar-refractivity contribution is -0.108. The Hall–Kier alpha value is -1.52. The molecule has 0 saturated carbocycles. The number of hydrogen-bond donors (Lipinski definition) is 1. The number of carbonyl (C=O) groups excluding carboxylic acids is 1. The van der Waals surface area contributed by atoms with Crippen LogP contribution in [0.1, 0.15) is 23.7 Å². The van der Waals surface area contributed by atoms with E-state index in [1.807, 2.05) is 36.7 Å². The lowest BCUT2D eigenvalue weighted by atomic mass is 10.0. The first-order chi connectivity index (χ1) is 8.22. The summed E-state index contributed by atoms with van der Waals surface area (Å²) in [6.45, 7) is 2.00. The zero-order valence-electron chi connectivity index (χ0n) is 9.59. The van der Waals surface area contributed by atoms with Crippen molar-refractivity contribution >= 4 is 17.6 Å². The molecule has 17 heavy (non-hydrogen) atoms. The fourth-order valence-corrected chi connectivity index (χ4v) is 2.51. The van der Waals surface area contributed by atoms with Gasteiger partial charge in [0.1, 0.15) is 6.29 Å². The van der Waals surface area contributed by atoms with E-state index in [-0.39, 0.29) is 6.04 Å². The van der Waals surface area contributed by atoms with Crippen molar-refractivity contribution in [2.75, 3.05) is 0 Å². The van der Waals surface area contributed by atoms with E-state index in [0.717, 1.165) is 23.1 Å². The van der Waals surface area contributed by atoms with Crippen LogP contribution in [0.2, 0.25) is 0 Å². The van der Waals surface area contributed by atoms with Gasteiger partial charge >= 0.3 is 0 Å². The number of nitrogens with two attached hydrogens (primary N) is 1. The Bertz CT molecular complexity index is 504. The Morgan fingerprint density at radius 1 is 1.41 bits per heavy atom. The van der Waals surface area contributed by atoms with Crippen molar-refractivity contribution in [2.45, 2.75) is 19.4 Å². The molecule has 1 atom stereocenters. The summed E-state index contributed by atoms with van der Waals surface area (Å²) in [7, 11) is 0. The SMILES string of the molecule is Cc1ncsc1-c1ccc([C@@H](N)CC=O)cc1. The highest BCUT2D eigenvalue weighted by Crippen LogP contribution is 2.28. The minimum absolute atomic E-state index is 0.205. The molecule has 0 aliphatic carbocycles. The summed E-state index contributed by atoms with van der Waals surface area (Å²) < 4.78 is 0. The van der Waals surface area contributed by atoms with E-state index in [0.29, 0.717) is 6.42 Å². The Morgan fingerprint density at radius 3 is 2.65 bits per heavy atom. The molecule has 1 heterocycles. The first-order valence-corrected chi connectivity index (χ1v) is 6.30. The van der Waals surface area contributed by atoms with Crippen LogP contribution in [0.4, 0.5) is 0 Å². The lowest BCUT2D eigenvalue weighted by Gasteiger charge is -2.08. The summed E-state index contributed by atoms with van der Waals surface area (Å²) in [5.74, 6) is 0. The third-order valence-corrected chi connectivity index (χ3v) is 3.67. The van der Waals surface area contributed by atoms with Crippen LogP contribution in [0.5, 0.6) is 0 Å². The Kier molecular flexibility index (Phi) is 3.66. The summed E-state index contributed by atoms with van der Waals surface area (Å²) >= 11 is 1.63. The van der Waals surface area contributed by atoms with Crippen LogP contribution in [0.3, 0.4) is 0 Å². The first kappa shape index (κ1) is 12.0. The molecular formula is C13H14N2OS. The van der Waals surface area contributed by atoms with Gasteiger partial charge in [-0.1, -0.05) is 24.3 Å². The van der Waals surface area contributed by atoms with Gasteiger partial charge in [-0.2, -0.15) is 0 Å². The predicted octanol–water partition coefficient (Wildman–Crippen LogP) is 2.71. The normalized spacial score (nSPS) is 12.4. The van der Waals surface area contributed by atoms with Gasteiger partial charge in [0.15, 0.2) is 0 Å². The molecule has 2 rings (SSSR count). The number of aryl methyl sites for hydroxylation is 1. The molecular weight excluding hydrogens is 232 g/mol. The molecule has 0 spiro atoms. The van der Waals surface area contributed by atoms with E-state index in [1.54, 1.807) is 11.3 Å². The summed E-state index contributed by atoms with van der Waals surface area (Å²) in [6.07, 6.45) is 1.21.